The number of hydrogen-bond donors (Lipinski definition) is 0. The van der Waals surface area contributed by atoms with E-state index in [4.69, 9.17) is 10.2 Å². The Bertz CT molecular complexity index is 668. The van der Waals surface area contributed by atoms with Gasteiger partial charge >= 0.3 is 0 Å². The Balaban J connectivity index is 2.44. The Hall–Kier alpha value is -2.62. The normalized spacial score (nSPS) is 14.7. The maximum Gasteiger partial charge on any atom is 0.0712 e. The quantitative estimate of drug-likeness (QED) is 0.554. The van der Waals surface area contributed by atoms with Gasteiger partial charge in [0.25, 0.3) is 0 Å². The van der Waals surface area contributed by atoms with Crippen LogP contribution in [0.1, 0.15) is 25.0 Å². The Kier molecular flexibility index (Phi) is 6.96. The van der Waals surface area contributed by atoms with Crippen molar-refractivity contribution in [2.75, 3.05) is 28.2 Å². The van der Waals surface area contributed by atoms with E-state index in [-0.39, 0.29) is 11.8 Å². The van der Waals surface area contributed by atoms with E-state index in [0.717, 1.165) is 22.6 Å². The van der Waals surface area contributed by atoms with E-state index in [1.54, 1.807) is 0 Å². The first kappa shape index (κ1) is 19.7. The van der Waals surface area contributed by atoms with Gasteiger partial charge in [0, 0.05) is 40.0 Å². The number of hydrazone groups is 2. The molecule has 0 amide bonds. The van der Waals surface area contributed by atoms with Gasteiger partial charge in [0.05, 0.1) is 11.4 Å². The summed E-state index contributed by atoms with van der Waals surface area (Å²) in [4.78, 5) is 0. The van der Waals surface area contributed by atoms with Crippen LogP contribution in [0.3, 0.4) is 0 Å². The predicted octanol–water partition coefficient (Wildman–Crippen LogP) is 4.19. The second-order valence-corrected chi connectivity index (χ2v) is 6.97. The lowest BCUT2D eigenvalue weighted by atomic mass is 9.82. The smallest absolute Gasteiger partial charge is 0.0712 e. The van der Waals surface area contributed by atoms with Crippen LogP contribution in [0.15, 0.2) is 70.9 Å². The first-order chi connectivity index (χ1) is 12.4. The van der Waals surface area contributed by atoms with Crippen molar-refractivity contribution in [1.29, 1.82) is 0 Å². The average Bonchev–Trinajstić information content (AvgIpc) is 2.64. The summed E-state index contributed by atoms with van der Waals surface area (Å²) in [6.45, 7) is 4.46. The lowest BCUT2D eigenvalue weighted by Gasteiger charge is -2.26. The van der Waals surface area contributed by atoms with E-state index < -0.39 is 0 Å². The highest BCUT2D eigenvalue weighted by Crippen LogP contribution is 2.23. The molecule has 0 aliphatic rings. The first-order valence-corrected chi connectivity index (χ1v) is 9.02. The van der Waals surface area contributed by atoms with Gasteiger partial charge in [-0.3, -0.25) is 0 Å². The van der Waals surface area contributed by atoms with Crippen molar-refractivity contribution in [3.63, 3.8) is 0 Å². The molecule has 2 aromatic carbocycles. The SMILES string of the molecule is C[C@H](/C(=N/N(C)C)c1ccccc1)[C@@H](C)/C(=N\N(C)C)c1ccccc1. The van der Waals surface area contributed by atoms with Gasteiger partial charge in [0.2, 0.25) is 0 Å². The molecule has 0 radical (unpaired) electrons. The van der Waals surface area contributed by atoms with Crippen LogP contribution in [0.25, 0.3) is 0 Å². The van der Waals surface area contributed by atoms with Gasteiger partial charge in [-0.2, -0.15) is 10.2 Å². The molecular weight excluding hydrogens is 320 g/mol. The van der Waals surface area contributed by atoms with Crippen molar-refractivity contribution in [2.45, 2.75) is 13.8 Å². The van der Waals surface area contributed by atoms with Gasteiger partial charge in [0.15, 0.2) is 0 Å². The molecule has 0 saturated carbocycles. The molecule has 2 aromatic rings. The van der Waals surface area contributed by atoms with Crippen molar-refractivity contribution in [3.8, 4) is 0 Å². The molecule has 0 fully saturated rings. The minimum atomic E-state index is 0.207. The number of rotatable bonds is 7. The highest BCUT2D eigenvalue weighted by molar-refractivity contribution is 6.08. The number of benzene rings is 2. The van der Waals surface area contributed by atoms with Gasteiger partial charge < -0.3 is 10.0 Å². The maximum atomic E-state index is 4.80. The maximum absolute atomic E-state index is 4.80. The monoisotopic (exact) mass is 350 g/mol. The van der Waals surface area contributed by atoms with Crippen molar-refractivity contribution in [3.05, 3.63) is 71.8 Å². The fourth-order valence-electron chi connectivity index (χ4n) is 2.95. The summed E-state index contributed by atoms with van der Waals surface area (Å²) in [7, 11) is 7.86. The van der Waals surface area contributed by atoms with Crippen molar-refractivity contribution < 1.29 is 0 Å². The van der Waals surface area contributed by atoms with E-state index in [1.807, 2.05) is 50.3 Å². The number of nitrogens with zero attached hydrogens (tertiary/aromatic N) is 4. The minimum absolute atomic E-state index is 0.207. The summed E-state index contributed by atoms with van der Waals surface area (Å²) < 4.78 is 0. The van der Waals surface area contributed by atoms with Crippen LogP contribution < -0.4 is 0 Å². The Morgan fingerprint density at radius 3 is 1.19 bits per heavy atom. The predicted molar refractivity (Wildman–Crippen MR) is 112 cm³/mol. The molecule has 0 aromatic heterocycles. The third kappa shape index (κ3) is 5.19. The number of hydrogen-bond acceptors (Lipinski definition) is 4. The Morgan fingerprint density at radius 1 is 0.615 bits per heavy atom. The van der Waals surface area contributed by atoms with Crippen molar-refractivity contribution in [1.82, 2.24) is 10.0 Å². The summed E-state index contributed by atoms with van der Waals surface area (Å²) in [5.74, 6) is 0.414. The highest BCUT2D eigenvalue weighted by Gasteiger charge is 2.25. The largest absolute Gasteiger partial charge is 0.303 e. The molecule has 4 heteroatoms. The molecule has 4 nitrogen and oxygen atoms in total. The molecule has 26 heavy (non-hydrogen) atoms. The molecule has 0 bridgehead atoms. The van der Waals surface area contributed by atoms with Crippen LogP contribution >= 0.6 is 0 Å². The van der Waals surface area contributed by atoms with Gasteiger partial charge in [-0.15, -0.1) is 0 Å². The summed E-state index contributed by atoms with van der Waals surface area (Å²) in [6, 6.07) is 20.8. The molecule has 0 saturated heterocycles. The standard InChI is InChI=1S/C22H30N4/c1-17(21(23-25(3)4)19-13-9-7-10-14-19)18(2)22(24-26(5)6)20-15-11-8-12-16-20/h7-18H,1-6H3/b23-21-,24-22+/t17-,18+/m0/s1. The fourth-order valence-corrected chi connectivity index (χ4v) is 2.95. The lowest BCUT2D eigenvalue weighted by Crippen LogP contribution is -2.29. The molecule has 0 unspecified atom stereocenters. The topological polar surface area (TPSA) is 31.2 Å². The Labute approximate surface area is 157 Å². The summed E-state index contributed by atoms with van der Waals surface area (Å²) in [5, 5.41) is 13.4. The molecule has 0 aliphatic heterocycles. The van der Waals surface area contributed by atoms with Crippen LogP contribution in [0.5, 0.6) is 0 Å². The molecule has 2 rings (SSSR count). The molecule has 2 atom stereocenters. The van der Waals surface area contributed by atoms with Gasteiger partial charge in [-0.05, 0) is 11.1 Å². The Morgan fingerprint density at radius 2 is 0.923 bits per heavy atom. The first-order valence-electron chi connectivity index (χ1n) is 9.02. The van der Waals surface area contributed by atoms with Crippen LogP contribution in [0.4, 0.5) is 0 Å². The summed E-state index contributed by atoms with van der Waals surface area (Å²) in [5.41, 5.74) is 4.45. The van der Waals surface area contributed by atoms with Crippen LogP contribution in [-0.4, -0.2) is 49.6 Å². The second-order valence-electron chi connectivity index (χ2n) is 6.97. The van der Waals surface area contributed by atoms with Crippen LogP contribution in [0.2, 0.25) is 0 Å². The summed E-state index contributed by atoms with van der Waals surface area (Å²) in [6.07, 6.45) is 0. The third-order valence-electron chi connectivity index (χ3n) is 4.37. The minimum Gasteiger partial charge on any atom is -0.303 e. The van der Waals surface area contributed by atoms with Crippen LogP contribution in [0, 0.1) is 11.8 Å². The van der Waals surface area contributed by atoms with E-state index in [1.165, 1.54) is 0 Å². The van der Waals surface area contributed by atoms with Gasteiger partial charge in [0.1, 0.15) is 0 Å². The van der Waals surface area contributed by atoms with Crippen molar-refractivity contribution >= 4 is 11.4 Å². The zero-order chi connectivity index (χ0) is 19.1. The third-order valence-corrected chi connectivity index (χ3v) is 4.37. The highest BCUT2D eigenvalue weighted by atomic mass is 15.4. The zero-order valence-corrected chi connectivity index (χ0v) is 16.7. The second kappa shape index (κ2) is 9.18. The lowest BCUT2D eigenvalue weighted by molar-refractivity contribution is 0.423. The average molecular weight is 351 g/mol. The zero-order valence-electron chi connectivity index (χ0n) is 16.7. The van der Waals surface area contributed by atoms with Crippen LogP contribution in [-0.2, 0) is 0 Å². The van der Waals surface area contributed by atoms with E-state index in [9.17, 15) is 0 Å². The van der Waals surface area contributed by atoms with E-state index >= 15 is 0 Å². The molecule has 0 aliphatic carbocycles. The molecule has 138 valence electrons. The van der Waals surface area contributed by atoms with E-state index in [0.29, 0.717) is 0 Å². The molecular formula is C22H30N4. The van der Waals surface area contributed by atoms with E-state index in [2.05, 4.69) is 62.4 Å². The molecule has 0 spiro atoms. The summed E-state index contributed by atoms with van der Waals surface area (Å²) >= 11 is 0. The fraction of sp³-hybridized carbons (Fsp3) is 0.364. The van der Waals surface area contributed by atoms with Crippen molar-refractivity contribution in [2.24, 2.45) is 22.0 Å². The van der Waals surface area contributed by atoms with Gasteiger partial charge in [-0.25, -0.2) is 0 Å². The van der Waals surface area contributed by atoms with Gasteiger partial charge in [-0.1, -0.05) is 74.5 Å². The molecule has 0 heterocycles. The molecule has 0 N–H and O–H groups in total.